The normalized spacial score (nSPS) is 12.3. The number of hydrogen-bond acceptors (Lipinski definition) is 3. The molecular formula is C15H24N2O2. The molecule has 0 aliphatic carbocycles. The summed E-state index contributed by atoms with van der Waals surface area (Å²) in [5, 5.41) is 2.88. The van der Waals surface area contributed by atoms with Crippen LogP contribution in [0.5, 0.6) is 5.75 Å². The summed E-state index contributed by atoms with van der Waals surface area (Å²) in [6.07, 6.45) is 1.91. The third-order valence-corrected chi connectivity index (χ3v) is 2.59. The maximum absolute atomic E-state index is 11.9. The molecule has 0 aromatic heterocycles. The second kappa shape index (κ2) is 7.79. The molecular weight excluding hydrogens is 240 g/mol. The van der Waals surface area contributed by atoms with Crippen LogP contribution in [0.1, 0.15) is 44.0 Å². The van der Waals surface area contributed by atoms with Crippen molar-refractivity contribution in [1.82, 2.24) is 5.32 Å². The van der Waals surface area contributed by atoms with E-state index in [-0.39, 0.29) is 18.1 Å². The molecule has 0 spiro atoms. The summed E-state index contributed by atoms with van der Waals surface area (Å²) in [6, 6.07) is 7.41. The quantitative estimate of drug-likeness (QED) is 0.743. The van der Waals surface area contributed by atoms with Crippen molar-refractivity contribution in [2.24, 2.45) is 5.73 Å². The number of carbonyl (C=O) groups is 1. The first-order chi connectivity index (χ1) is 8.99. The Morgan fingerprint density at radius 3 is 2.74 bits per heavy atom. The monoisotopic (exact) mass is 264 g/mol. The van der Waals surface area contributed by atoms with Crippen LogP contribution >= 0.6 is 0 Å². The highest BCUT2D eigenvalue weighted by atomic mass is 16.5. The molecule has 19 heavy (non-hydrogen) atoms. The minimum absolute atomic E-state index is 0.0705. The fraction of sp³-hybridized carbons (Fsp3) is 0.533. The van der Waals surface area contributed by atoms with Crippen molar-refractivity contribution in [3.8, 4) is 5.75 Å². The second-order valence-electron chi connectivity index (χ2n) is 5.07. The van der Waals surface area contributed by atoms with Gasteiger partial charge in [-0.1, -0.05) is 6.07 Å². The maximum atomic E-state index is 11.9. The summed E-state index contributed by atoms with van der Waals surface area (Å²) in [5.41, 5.74) is 6.28. The summed E-state index contributed by atoms with van der Waals surface area (Å²) in [6.45, 7) is 6.53. The zero-order chi connectivity index (χ0) is 14.3. The number of rotatable bonds is 7. The van der Waals surface area contributed by atoms with Crippen molar-refractivity contribution < 1.29 is 9.53 Å². The van der Waals surface area contributed by atoms with E-state index < -0.39 is 0 Å². The molecule has 1 atom stereocenters. The summed E-state index contributed by atoms with van der Waals surface area (Å²) in [4.78, 5) is 11.9. The van der Waals surface area contributed by atoms with Gasteiger partial charge in [0.2, 0.25) is 0 Å². The van der Waals surface area contributed by atoms with Crippen molar-refractivity contribution in [1.29, 1.82) is 0 Å². The SMILES string of the molecule is CC(N)CCCNC(=O)c1cccc(OC(C)C)c1. The van der Waals surface area contributed by atoms with Gasteiger partial charge in [0.15, 0.2) is 0 Å². The number of carbonyl (C=O) groups excluding carboxylic acids is 1. The Kier molecular flexibility index (Phi) is 6.36. The fourth-order valence-corrected chi connectivity index (χ4v) is 1.71. The molecule has 0 radical (unpaired) electrons. The largest absolute Gasteiger partial charge is 0.491 e. The van der Waals surface area contributed by atoms with Gasteiger partial charge in [-0.25, -0.2) is 0 Å². The van der Waals surface area contributed by atoms with Crippen LogP contribution in [-0.4, -0.2) is 24.6 Å². The van der Waals surface area contributed by atoms with E-state index in [0.29, 0.717) is 12.1 Å². The van der Waals surface area contributed by atoms with Gasteiger partial charge in [-0.05, 0) is 51.8 Å². The third kappa shape index (κ3) is 6.25. The molecule has 0 heterocycles. The van der Waals surface area contributed by atoms with E-state index in [1.807, 2.05) is 32.9 Å². The lowest BCUT2D eigenvalue weighted by molar-refractivity contribution is 0.0952. The van der Waals surface area contributed by atoms with Crippen molar-refractivity contribution >= 4 is 5.91 Å². The highest BCUT2D eigenvalue weighted by Crippen LogP contribution is 2.14. The molecule has 1 aromatic rings. The Morgan fingerprint density at radius 1 is 1.37 bits per heavy atom. The van der Waals surface area contributed by atoms with E-state index in [0.717, 1.165) is 18.6 Å². The number of nitrogens with two attached hydrogens (primary N) is 1. The van der Waals surface area contributed by atoms with E-state index in [2.05, 4.69) is 5.32 Å². The standard InChI is InChI=1S/C15H24N2O2/c1-11(2)19-14-8-4-7-13(10-14)15(18)17-9-5-6-12(3)16/h4,7-8,10-12H,5-6,9,16H2,1-3H3,(H,17,18). The summed E-state index contributed by atoms with van der Waals surface area (Å²) in [7, 11) is 0. The van der Waals surface area contributed by atoms with Gasteiger partial charge < -0.3 is 15.8 Å². The van der Waals surface area contributed by atoms with Crippen LogP contribution < -0.4 is 15.8 Å². The topological polar surface area (TPSA) is 64.3 Å². The van der Waals surface area contributed by atoms with Gasteiger partial charge in [0, 0.05) is 18.2 Å². The first-order valence-electron chi connectivity index (χ1n) is 6.79. The summed E-state index contributed by atoms with van der Waals surface area (Å²) >= 11 is 0. The fourth-order valence-electron chi connectivity index (χ4n) is 1.71. The zero-order valence-corrected chi connectivity index (χ0v) is 12.0. The van der Waals surface area contributed by atoms with Crippen LogP contribution in [-0.2, 0) is 0 Å². The first-order valence-corrected chi connectivity index (χ1v) is 6.79. The number of benzene rings is 1. The van der Waals surface area contributed by atoms with Crippen LogP contribution in [0.2, 0.25) is 0 Å². The van der Waals surface area contributed by atoms with E-state index >= 15 is 0 Å². The highest BCUT2D eigenvalue weighted by Gasteiger charge is 2.07. The molecule has 3 N–H and O–H groups in total. The van der Waals surface area contributed by atoms with Gasteiger partial charge in [-0.2, -0.15) is 0 Å². The number of amides is 1. The Labute approximate surface area is 115 Å². The predicted molar refractivity (Wildman–Crippen MR) is 77.4 cm³/mol. The van der Waals surface area contributed by atoms with Crippen molar-refractivity contribution in [2.45, 2.75) is 45.8 Å². The average molecular weight is 264 g/mol. The van der Waals surface area contributed by atoms with Gasteiger partial charge in [-0.15, -0.1) is 0 Å². The number of nitrogens with one attached hydrogen (secondary N) is 1. The smallest absolute Gasteiger partial charge is 0.251 e. The molecule has 1 rings (SSSR count). The molecule has 0 fully saturated rings. The van der Waals surface area contributed by atoms with Gasteiger partial charge in [0.05, 0.1) is 6.10 Å². The molecule has 4 nitrogen and oxygen atoms in total. The Hall–Kier alpha value is -1.55. The van der Waals surface area contributed by atoms with Gasteiger partial charge >= 0.3 is 0 Å². The van der Waals surface area contributed by atoms with Gasteiger partial charge in [-0.3, -0.25) is 4.79 Å². The minimum Gasteiger partial charge on any atom is -0.491 e. The van der Waals surface area contributed by atoms with Crippen LogP contribution in [0.25, 0.3) is 0 Å². The molecule has 0 bridgehead atoms. The van der Waals surface area contributed by atoms with Gasteiger partial charge in [0.25, 0.3) is 5.91 Å². The zero-order valence-electron chi connectivity index (χ0n) is 12.0. The lowest BCUT2D eigenvalue weighted by Crippen LogP contribution is -2.26. The Bertz CT molecular complexity index is 403. The lowest BCUT2D eigenvalue weighted by Gasteiger charge is -2.11. The van der Waals surface area contributed by atoms with Crippen LogP contribution in [0.3, 0.4) is 0 Å². The van der Waals surface area contributed by atoms with Crippen molar-refractivity contribution in [2.75, 3.05) is 6.54 Å². The lowest BCUT2D eigenvalue weighted by atomic mass is 10.1. The third-order valence-electron chi connectivity index (χ3n) is 2.59. The summed E-state index contributed by atoms with van der Waals surface area (Å²) < 4.78 is 5.57. The number of hydrogen-bond donors (Lipinski definition) is 2. The molecule has 1 unspecified atom stereocenters. The molecule has 0 aliphatic heterocycles. The van der Waals surface area contributed by atoms with Gasteiger partial charge in [0.1, 0.15) is 5.75 Å². The Balaban J connectivity index is 2.47. The molecule has 106 valence electrons. The number of ether oxygens (including phenoxy) is 1. The molecule has 1 amide bonds. The van der Waals surface area contributed by atoms with E-state index in [1.54, 1.807) is 12.1 Å². The van der Waals surface area contributed by atoms with E-state index in [1.165, 1.54) is 0 Å². The van der Waals surface area contributed by atoms with Crippen LogP contribution in [0.15, 0.2) is 24.3 Å². The van der Waals surface area contributed by atoms with Crippen LogP contribution in [0.4, 0.5) is 0 Å². The molecule has 0 aliphatic rings. The predicted octanol–water partition coefficient (Wildman–Crippen LogP) is 2.33. The highest BCUT2D eigenvalue weighted by molar-refractivity contribution is 5.94. The second-order valence-corrected chi connectivity index (χ2v) is 5.07. The van der Waals surface area contributed by atoms with Crippen LogP contribution in [0, 0.1) is 0 Å². The average Bonchev–Trinajstić information content (AvgIpc) is 2.33. The van der Waals surface area contributed by atoms with E-state index in [4.69, 9.17) is 10.5 Å². The maximum Gasteiger partial charge on any atom is 0.251 e. The van der Waals surface area contributed by atoms with Crippen molar-refractivity contribution in [3.63, 3.8) is 0 Å². The van der Waals surface area contributed by atoms with E-state index in [9.17, 15) is 4.79 Å². The summed E-state index contributed by atoms with van der Waals surface area (Å²) in [5.74, 6) is 0.650. The molecule has 0 saturated heterocycles. The first kappa shape index (κ1) is 15.5. The molecule has 4 heteroatoms. The van der Waals surface area contributed by atoms with Crippen molar-refractivity contribution in [3.05, 3.63) is 29.8 Å². The molecule has 1 aromatic carbocycles. The molecule has 0 saturated carbocycles. The Morgan fingerprint density at radius 2 is 2.11 bits per heavy atom. The minimum atomic E-state index is -0.0705.